The van der Waals surface area contributed by atoms with Crippen molar-refractivity contribution in [3.63, 3.8) is 0 Å². The molecule has 0 radical (unpaired) electrons. The topological polar surface area (TPSA) is 77.1 Å². The molecule has 0 saturated heterocycles. The summed E-state index contributed by atoms with van der Waals surface area (Å²) < 4.78 is 6.67. The number of hydrogen-bond acceptors (Lipinski definition) is 4. The molecular formula is C17H15N3O3. The van der Waals surface area contributed by atoms with E-state index in [4.69, 9.17) is 4.52 Å². The zero-order valence-electron chi connectivity index (χ0n) is 12.5. The Morgan fingerprint density at radius 3 is 2.74 bits per heavy atom. The first-order valence-electron chi connectivity index (χ1n) is 7.09. The normalized spacial score (nSPS) is 10.5. The lowest BCUT2D eigenvalue weighted by atomic mass is 10.1. The van der Waals surface area contributed by atoms with Gasteiger partial charge in [-0.2, -0.15) is 0 Å². The van der Waals surface area contributed by atoms with Crippen LogP contribution in [-0.2, 0) is 13.6 Å². The van der Waals surface area contributed by atoms with Crippen molar-refractivity contribution >= 4 is 5.91 Å². The number of rotatable bonds is 4. The van der Waals surface area contributed by atoms with Crippen LogP contribution in [-0.4, -0.2) is 15.6 Å². The molecular weight excluding hydrogens is 294 g/mol. The van der Waals surface area contributed by atoms with Crippen LogP contribution in [0.3, 0.4) is 0 Å². The molecule has 0 fully saturated rings. The van der Waals surface area contributed by atoms with E-state index in [-0.39, 0.29) is 18.0 Å². The Hall–Kier alpha value is -3.15. The average Bonchev–Trinajstić information content (AvgIpc) is 3.05. The fraction of sp³-hybridized carbons (Fsp3) is 0.118. The van der Waals surface area contributed by atoms with E-state index in [1.54, 1.807) is 25.4 Å². The second kappa shape index (κ2) is 6.31. The van der Waals surface area contributed by atoms with Crippen molar-refractivity contribution < 1.29 is 9.32 Å². The van der Waals surface area contributed by atoms with Crippen molar-refractivity contribution in [2.75, 3.05) is 0 Å². The maximum absolute atomic E-state index is 12.0. The predicted octanol–water partition coefficient (Wildman–Crippen LogP) is 1.97. The van der Waals surface area contributed by atoms with Crippen molar-refractivity contribution in [1.29, 1.82) is 0 Å². The number of nitrogens with zero attached hydrogens (tertiary/aromatic N) is 2. The molecule has 0 atom stereocenters. The highest BCUT2D eigenvalue weighted by Gasteiger charge is 2.10. The summed E-state index contributed by atoms with van der Waals surface area (Å²) in [6, 6.07) is 14.3. The Kier molecular flexibility index (Phi) is 4.05. The maximum Gasteiger partial charge on any atom is 0.251 e. The van der Waals surface area contributed by atoms with Gasteiger partial charge in [-0.3, -0.25) is 9.59 Å². The standard InChI is InChI=1S/C17H15N3O3/c1-20-8-7-13(9-16(20)21)17(22)18-11-14-10-15(23-19-14)12-5-3-2-4-6-12/h2-10H,11H2,1H3,(H,18,22). The zero-order chi connectivity index (χ0) is 16.2. The van der Waals surface area contributed by atoms with Crippen LogP contribution in [0.4, 0.5) is 0 Å². The second-order valence-electron chi connectivity index (χ2n) is 5.10. The lowest BCUT2D eigenvalue weighted by Crippen LogP contribution is -2.25. The number of amides is 1. The van der Waals surface area contributed by atoms with Crippen LogP contribution >= 0.6 is 0 Å². The number of aromatic nitrogens is 2. The van der Waals surface area contributed by atoms with E-state index >= 15 is 0 Å². The Morgan fingerprint density at radius 2 is 2.00 bits per heavy atom. The fourth-order valence-corrected chi connectivity index (χ4v) is 2.10. The number of hydrogen-bond donors (Lipinski definition) is 1. The third-order valence-electron chi connectivity index (χ3n) is 3.41. The maximum atomic E-state index is 12.0. The minimum absolute atomic E-state index is 0.227. The van der Waals surface area contributed by atoms with Gasteiger partial charge in [-0.15, -0.1) is 0 Å². The highest BCUT2D eigenvalue weighted by molar-refractivity contribution is 5.93. The van der Waals surface area contributed by atoms with Crippen molar-refractivity contribution in [1.82, 2.24) is 15.0 Å². The van der Waals surface area contributed by atoms with E-state index in [1.807, 2.05) is 30.3 Å². The molecule has 2 aromatic heterocycles. The average molecular weight is 309 g/mol. The van der Waals surface area contributed by atoms with Gasteiger partial charge >= 0.3 is 0 Å². The molecule has 0 unspecified atom stereocenters. The first-order chi connectivity index (χ1) is 11.1. The molecule has 0 spiro atoms. The van der Waals surface area contributed by atoms with Crippen molar-refractivity contribution in [3.05, 3.63) is 76.3 Å². The molecule has 1 aromatic carbocycles. The van der Waals surface area contributed by atoms with E-state index in [2.05, 4.69) is 10.5 Å². The predicted molar refractivity (Wildman–Crippen MR) is 84.8 cm³/mol. The summed E-state index contributed by atoms with van der Waals surface area (Å²) in [5, 5.41) is 6.65. The first kappa shape index (κ1) is 14.8. The molecule has 2 heterocycles. The van der Waals surface area contributed by atoms with Gasteiger partial charge in [0, 0.05) is 36.5 Å². The summed E-state index contributed by atoms with van der Waals surface area (Å²) in [6.45, 7) is 0.227. The van der Waals surface area contributed by atoms with Gasteiger partial charge in [-0.25, -0.2) is 0 Å². The van der Waals surface area contributed by atoms with Crippen LogP contribution in [0.5, 0.6) is 0 Å². The molecule has 0 aliphatic heterocycles. The fourth-order valence-electron chi connectivity index (χ4n) is 2.10. The van der Waals surface area contributed by atoms with Gasteiger partial charge in [0.05, 0.1) is 6.54 Å². The highest BCUT2D eigenvalue weighted by atomic mass is 16.5. The van der Waals surface area contributed by atoms with E-state index in [0.717, 1.165) is 5.56 Å². The summed E-state index contributed by atoms with van der Waals surface area (Å²) in [4.78, 5) is 23.6. The number of aryl methyl sites for hydroxylation is 1. The van der Waals surface area contributed by atoms with Crippen LogP contribution in [0.15, 0.2) is 64.0 Å². The van der Waals surface area contributed by atoms with Gasteiger partial charge in [0.2, 0.25) is 0 Å². The summed E-state index contributed by atoms with van der Waals surface area (Å²) in [6.07, 6.45) is 1.56. The number of nitrogens with one attached hydrogen (secondary N) is 1. The van der Waals surface area contributed by atoms with Gasteiger partial charge in [-0.05, 0) is 6.07 Å². The Bertz CT molecular complexity index is 881. The number of pyridine rings is 1. The number of benzene rings is 1. The summed E-state index contributed by atoms with van der Waals surface area (Å²) in [5.41, 5.74) is 1.62. The minimum Gasteiger partial charge on any atom is -0.356 e. The van der Waals surface area contributed by atoms with Gasteiger partial charge in [-0.1, -0.05) is 35.5 Å². The quantitative estimate of drug-likeness (QED) is 0.799. The van der Waals surface area contributed by atoms with Crippen LogP contribution in [0.2, 0.25) is 0 Å². The van der Waals surface area contributed by atoms with Gasteiger partial charge in [0.25, 0.3) is 11.5 Å². The van der Waals surface area contributed by atoms with Gasteiger partial charge in [0.15, 0.2) is 5.76 Å². The SMILES string of the molecule is Cn1ccc(C(=O)NCc2cc(-c3ccccc3)on2)cc1=O. The molecule has 0 aliphatic carbocycles. The monoisotopic (exact) mass is 309 g/mol. The third kappa shape index (κ3) is 3.37. The molecule has 0 aliphatic rings. The molecule has 1 N–H and O–H groups in total. The molecule has 0 bridgehead atoms. The number of carbonyl (C=O) groups excluding carboxylic acids is 1. The van der Waals surface area contributed by atoms with E-state index in [0.29, 0.717) is 17.0 Å². The van der Waals surface area contributed by atoms with Crippen LogP contribution in [0.1, 0.15) is 16.1 Å². The van der Waals surface area contributed by atoms with Crippen LogP contribution in [0.25, 0.3) is 11.3 Å². The van der Waals surface area contributed by atoms with E-state index in [1.165, 1.54) is 10.6 Å². The van der Waals surface area contributed by atoms with Crippen LogP contribution < -0.4 is 10.9 Å². The van der Waals surface area contributed by atoms with Crippen LogP contribution in [0, 0.1) is 0 Å². The molecule has 3 aromatic rings. The summed E-state index contributed by atoms with van der Waals surface area (Å²) in [7, 11) is 1.63. The minimum atomic E-state index is -0.327. The molecule has 6 nitrogen and oxygen atoms in total. The summed E-state index contributed by atoms with van der Waals surface area (Å²) in [5.74, 6) is 0.315. The van der Waals surface area contributed by atoms with E-state index in [9.17, 15) is 9.59 Å². The highest BCUT2D eigenvalue weighted by Crippen LogP contribution is 2.19. The third-order valence-corrected chi connectivity index (χ3v) is 3.41. The summed E-state index contributed by atoms with van der Waals surface area (Å²) >= 11 is 0. The molecule has 0 saturated carbocycles. The Morgan fingerprint density at radius 1 is 1.22 bits per heavy atom. The van der Waals surface area contributed by atoms with E-state index < -0.39 is 0 Å². The lowest BCUT2D eigenvalue weighted by molar-refractivity contribution is 0.0950. The van der Waals surface area contributed by atoms with Crippen molar-refractivity contribution in [2.45, 2.75) is 6.54 Å². The van der Waals surface area contributed by atoms with Gasteiger partial charge in [0.1, 0.15) is 5.69 Å². The molecule has 23 heavy (non-hydrogen) atoms. The largest absolute Gasteiger partial charge is 0.356 e. The smallest absolute Gasteiger partial charge is 0.251 e. The van der Waals surface area contributed by atoms with Crippen molar-refractivity contribution in [2.24, 2.45) is 7.05 Å². The Balaban J connectivity index is 1.66. The molecule has 1 amide bonds. The molecule has 116 valence electrons. The molecule has 6 heteroatoms. The Labute approximate surface area is 132 Å². The number of carbonyl (C=O) groups is 1. The second-order valence-corrected chi connectivity index (χ2v) is 5.10. The lowest BCUT2D eigenvalue weighted by Gasteiger charge is -2.03. The van der Waals surface area contributed by atoms with Crippen molar-refractivity contribution in [3.8, 4) is 11.3 Å². The zero-order valence-corrected chi connectivity index (χ0v) is 12.5. The van der Waals surface area contributed by atoms with Gasteiger partial charge < -0.3 is 14.4 Å². The first-order valence-corrected chi connectivity index (χ1v) is 7.09. The molecule has 3 rings (SSSR count).